The molecule has 102 valence electrons. The van der Waals surface area contributed by atoms with Gasteiger partial charge in [-0.25, -0.2) is 0 Å². The fraction of sp³-hybridized carbons (Fsp3) is 0.500. The molecule has 3 rings (SSSR count). The number of ether oxygens (including phenoxy) is 1. The van der Waals surface area contributed by atoms with E-state index in [0.717, 1.165) is 24.8 Å². The van der Waals surface area contributed by atoms with Gasteiger partial charge in [0.05, 0.1) is 29.5 Å². The summed E-state index contributed by atoms with van der Waals surface area (Å²) in [5.41, 5.74) is 4.88. The van der Waals surface area contributed by atoms with E-state index >= 15 is 0 Å². The van der Waals surface area contributed by atoms with Crippen LogP contribution < -0.4 is 16.6 Å². The van der Waals surface area contributed by atoms with Crippen LogP contribution in [-0.2, 0) is 4.74 Å². The van der Waals surface area contributed by atoms with Gasteiger partial charge in [0.15, 0.2) is 0 Å². The quantitative estimate of drug-likeness (QED) is 0.567. The molecule has 0 spiro atoms. The van der Waals surface area contributed by atoms with Gasteiger partial charge < -0.3 is 15.5 Å². The minimum absolute atomic E-state index is 0.0888. The van der Waals surface area contributed by atoms with Gasteiger partial charge in [-0.05, 0) is 43.9 Å². The number of aryl methyl sites for hydroxylation is 1. The van der Waals surface area contributed by atoms with Crippen molar-refractivity contribution >= 4 is 11.6 Å². The molecule has 0 aromatic heterocycles. The molecule has 5 heteroatoms. The average molecular weight is 261 g/mol. The minimum atomic E-state index is -0.0888. The second-order valence-electron chi connectivity index (χ2n) is 5.38. The van der Waals surface area contributed by atoms with Crippen LogP contribution in [0.15, 0.2) is 18.2 Å². The van der Waals surface area contributed by atoms with Crippen LogP contribution in [0, 0.1) is 6.92 Å². The largest absolute Gasteiger partial charge is 0.373 e. The smallest absolute Gasteiger partial charge is 0.253 e. The van der Waals surface area contributed by atoms with Crippen LogP contribution in [0.3, 0.4) is 0 Å². The summed E-state index contributed by atoms with van der Waals surface area (Å²) in [5.74, 6) is 5.38. The van der Waals surface area contributed by atoms with Gasteiger partial charge in [0.25, 0.3) is 5.91 Å². The van der Waals surface area contributed by atoms with Gasteiger partial charge in [-0.1, -0.05) is 6.07 Å². The van der Waals surface area contributed by atoms with Crippen LogP contribution in [0.25, 0.3) is 0 Å². The number of fused-ring (bicyclic) bond motifs is 2. The van der Waals surface area contributed by atoms with E-state index in [2.05, 4.69) is 10.7 Å². The minimum Gasteiger partial charge on any atom is -0.373 e. The summed E-state index contributed by atoms with van der Waals surface area (Å²) >= 11 is 0. The molecule has 1 aromatic carbocycles. The van der Waals surface area contributed by atoms with E-state index in [4.69, 9.17) is 10.6 Å². The highest BCUT2D eigenvalue weighted by Crippen LogP contribution is 2.34. The fourth-order valence-electron chi connectivity index (χ4n) is 3.01. The first-order valence-electron chi connectivity index (χ1n) is 6.71. The molecule has 2 saturated heterocycles. The SMILES string of the molecule is Cc1ccc(C(=O)NC2CC3CCC2O3)c(NN)c1. The maximum atomic E-state index is 12.3. The van der Waals surface area contributed by atoms with Crippen molar-refractivity contribution in [2.45, 2.75) is 44.4 Å². The Morgan fingerprint density at radius 2 is 2.26 bits per heavy atom. The van der Waals surface area contributed by atoms with Crippen molar-refractivity contribution in [1.82, 2.24) is 5.32 Å². The van der Waals surface area contributed by atoms with Crippen LogP contribution in [0.2, 0.25) is 0 Å². The van der Waals surface area contributed by atoms with Crippen molar-refractivity contribution in [2.24, 2.45) is 5.84 Å². The number of carbonyl (C=O) groups is 1. The highest BCUT2D eigenvalue weighted by Gasteiger charge is 2.41. The lowest BCUT2D eigenvalue weighted by Gasteiger charge is -2.20. The van der Waals surface area contributed by atoms with Crippen LogP contribution in [0.4, 0.5) is 5.69 Å². The average Bonchev–Trinajstić information content (AvgIpc) is 3.00. The Kier molecular flexibility index (Phi) is 3.16. The summed E-state index contributed by atoms with van der Waals surface area (Å²) in [4.78, 5) is 12.3. The number of hydrogen-bond acceptors (Lipinski definition) is 4. The van der Waals surface area contributed by atoms with E-state index < -0.39 is 0 Å². The zero-order valence-corrected chi connectivity index (χ0v) is 11.0. The van der Waals surface area contributed by atoms with E-state index in [1.54, 1.807) is 6.07 Å². The fourth-order valence-corrected chi connectivity index (χ4v) is 3.01. The molecule has 3 unspecified atom stereocenters. The van der Waals surface area contributed by atoms with E-state index in [-0.39, 0.29) is 18.1 Å². The third-order valence-corrected chi connectivity index (χ3v) is 4.00. The highest BCUT2D eigenvalue weighted by atomic mass is 16.5. The molecule has 1 aromatic rings. The molecule has 19 heavy (non-hydrogen) atoms. The van der Waals surface area contributed by atoms with Gasteiger partial charge in [0.2, 0.25) is 0 Å². The van der Waals surface area contributed by atoms with Crippen molar-refractivity contribution in [3.8, 4) is 0 Å². The number of hydrogen-bond donors (Lipinski definition) is 3. The molecule has 2 aliphatic heterocycles. The lowest BCUT2D eigenvalue weighted by atomic mass is 9.95. The van der Waals surface area contributed by atoms with Crippen LogP contribution >= 0.6 is 0 Å². The molecule has 4 N–H and O–H groups in total. The van der Waals surface area contributed by atoms with Crippen molar-refractivity contribution in [3.63, 3.8) is 0 Å². The number of nitrogens with one attached hydrogen (secondary N) is 2. The molecule has 2 heterocycles. The van der Waals surface area contributed by atoms with Gasteiger partial charge in [-0.2, -0.15) is 0 Å². The molecular formula is C14H19N3O2. The summed E-state index contributed by atoms with van der Waals surface area (Å²) in [5, 5.41) is 3.06. The first-order valence-corrected chi connectivity index (χ1v) is 6.71. The molecule has 5 nitrogen and oxygen atoms in total. The third kappa shape index (κ3) is 2.31. The Morgan fingerprint density at radius 1 is 1.42 bits per heavy atom. The first-order chi connectivity index (χ1) is 9.17. The normalized spacial score (nSPS) is 28.4. The van der Waals surface area contributed by atoms with Crippen LogP contribution in [-0.4, -0.2) is 24.2 Å². The number of benzene rings is 1. The third-order valence-electron chi connectivity index (χ3n) is 4.00. The van der Waals surface area contributed by atoms with Crippen molar-refractivity contribution in [2.75, 3.05) is 5.43 Å². The topological polar surface area (TPSA) is 76.4 Å². The lowest BCUT2D eigenvalue weighted by Crippen LogP contribution is -2.41. The van der Waals surface area contributed by atoms with Crippen LogP contribution in [0.1, 0.15) is 35.2 Å². The van der Waals surface area contributed by atoms with E-state index in [9.17, 15) is 4.79 Å². The predicted octanol–water partition coefficient (Wildman–Crippen LogP) is 1.33. The Morgan fingerprint density at radius 3 is 2.89 bits per heavy atom. The van der Waals surface area contributed by atoms with Crippen molar-refractivity contribution in [3.05, 3.63) is 29.3 Å². The molecular weight excluding hydrogens is 242 g/mol. The van der Waals surface area contributed by atoms with Gasteiger partial charge in [-0.15, -0.1) is 0 Å². The van der Waals surface area contributed by atoms with Gasteiger partial charge in [0.1, 0.15) is 0 Å². The lowest BCUT2D eigenvalue weighted by molar-refractivity contribution is 0.0841. The zero-order chi connectivity index (χ0) is 13.4. The second-order valence-corrected chi connectivity index (χ2v) is 5.38. The zero-order valence-electron chi connectivity index (χ0n) is 11.0. The van der Waals surface area contributed by atoms with Gasteiger partial charge >= 0.3 is 0 Å². The Labute approximate surface area is 112 Å². The Hall–Kier alpha value is -1.59. The van der Waals surface area contributed by atoms with E-state index in [1.807, 2.05) is 19.1 Å². The summed E-state index contributed by atoms with van der Waals surface area (Å²) in [6, 6.07) is 5.71. The van der Waals surface area contributed by atoms with E-state index in [0.29, 0.717) is 17.4 Å². The maximum Gasteiger partial charge on any atom is 0.253 e. The number of carbonyl (C=O) groups excluding carboxylic acids is 1. The van der Waals surface area contributed by atoms with Crippen molar-refractivity contribution in [1.29, 1.82) is 0 Å². The number of amides is 1. The molecule has 3 atom stereocenters. The summed E-state index contributed by atoms with van der Waals surface area (Å²) < 4.78 is 5.74. The first kappa shape index (κ1) is 12.4. The highest BCUT2D eigenvalue weighted by molar-refractivity contribution is 5.99. The van der Waals surface area contributed by atoms with Crippen molar-refractivity contribution < 1.29 is 9.53 Å². The summed E-state index contributed by atoms with van der Waals surface area (Å²) in [7, 11) is 0. The molecule has 0 radical (unpaired) electrons. The van der Waals surface area contributed by atoms with Gasteiger partial charge in [-0.3, -0.25) is 10.6 Å². The Bertz CT molecular complexity index is 503. The summed E-state index contributed by atoms with van der Waals surface area (Å²) in [6.45, 7) is 1.96. The second kappa shape index (κ2) is 4.83. The number of rotatable bonds is 3. The number of hydrazine groups is 1. The molecule has 0 aliphatic carbocycles. The molecule has 2 fully saturated rings. The standard InChI is InChI=1S/C14H19N3O2/c1-8-2-4-10(11(6-8)17-15)14(18)16-12-7-9-3-5-13(12)19-9/h2,4,6,9,12-13,17H,3,5,7,15H2,1H3,(H,16,18). The Balaban J connectivity index is 1.73. The molecule has 2 bridgehead atoms. The molecule has 0 saturated carbocycles. The van der Waals surface area contributed by atoms with Crippen LogP contribution in [0.5, 0.6) is 0 Å². The number of anilines is 1. The molecule has 1 amide bonds. The monoisotopic (exact) mass is 261 g/mol. The molecule has 2 aliphatic rings. The number of nitrogens with two attached hydrogens (primary N) is 1. The van der Waals surface area contributed by atoms with E-state index in [1.165, 1.54) is 0 Å². The van der Waals surface area contributed by atoms with Gasteiger partial charge in [0, 0.05) is 0 Å². The predicted molar refractivity (Wildman–Crippen MR) is 72.8 cm³/mol. The summed E-state index contributed by atoms with van der Waals surface area (Å²) in [6.07, 6.45) is 3.62. The maximum absolute atomic E-state index is 12.3. The number of nitrogen functional groups attached to an aromatic ring is 1.